The Morgan fingerprint density at radius 3 is 2.72 bits per heavy atom. The van der Waals surface area contributed by atoms with Gasteiger partial charge in [0.15, 0.2) is 0 Å². The fourth-order valence-corrected chi connectivity index (χ4v) is 3.57. The summed E-state index contributed by atoms with van der Waals surface area (Å²) in [6.45, 7) is 1.97. The van der Waals surface area contributed by atoms with Crippen molar-refractivity contribution < 1.29 is 0 Å². The molecule has 1 fully saturated rings. The predicted octanol–water partition coefficient (Wildman–Crippen LogP) is 1.45. The Hall–Kier alpha value is -3.81. The van der Waals surface area contributed by atoms with E-state index in [0.717, 1.165) is 24.3 Å². The Morgan fingerprint density at radius 2 is 1.90 bits per heavy atom. The monoisotopic (exact) mass is 386 g/mol. The maximum absolute atomic E-state index is 12.3. The van der Waals surface area contributed by atoms with Gasteiger partial charge in [-0.15, -0.1) is 0 Å². The van der Waals surface area contributed by atoms with Gasteiger partial charge in [0.1, 0.15) is 11.5 Å². The summed E-state index contributed by atoms with van der Waals surface area (Å²) in [6.07, 6.45) is 5.14. The molecule has 0 N–H and O–H groups in total. The van der Waals surface area contributed by atoms with Crippen molar-refractivity contribution in [1.29, 1.82) is 0 Å². The van der Waals surface area contributed by atoms with Crippen LogP contribution in [0.3, 0.4) is 0 Å². The first kappa shape index (κ1) is 17.3. The highest BCUT2D eigenvalue weighted by Gasteiger charge is 2.29. The SMILES string of the molecule is O=c1ccc(-c2cccnc2)nn1CC1CN(c2cc(=O)n3ccccc3n2)C1. The summed E-state index contributed by atoms with van der Waals surface area (Å²) in [6, 6.07) is 14.0. The number of fused-ring (bicyclic) bond motifs is 1. The lowest BCUT2D eigenvalue weighted by Gasteiger charge is -2.40. The zero-order chi connectivity index (χ0) is 19.8. The summed E-state index contributed by atoms with van der Waals surface area (Å²) in [5.74, 6) is 0.933. The molecule has 0 radical (unpaired) electrons. The molecule has 0 bridgehead atoms. The molecule has 0 aliphatic carbocycles. The van der Waals surface area contributed by atoms with Gasteiger partial charge in [0.2, 0.25) is 0 Å². The first-order valence-corrected chi connectivity index (χ1v) is 9.39. The molecular formula is C21H18N6O2. The van der Waals surface area contributed by atoms with Crippen molar-refractivity contribution in [2.24, 2.45) is 5.92 Å². The van der Waals surface area contributed by atoms with Crippen molar-refractivity contribution in [2.45, 2.75) is 6.54 Å². The second-order valence-electron chi connectivity index (χ2n) is 7.13. The molecule has 8 nitrogen and oxygen atoms in total. The molecule has 0 saturated carbocycles. The zero-order valence-electron chi connectivity index (χ0n) is 15.5. The van der Waals surface area contributed by atoms with Crippen molar-refractivity contribution in [3.05, 3.63) is 87.8 Å². The quantitative estimate of drug-likeness (QED) is 0.528. The van der Waals surface area contributed by atoms with Crippen LogP contribution in [0.15, 0.2) is 76.7 Å². The maximum atomic E-state index is 12.3. The van der Waals surface area contributed by atoms with Crippen molar-refractivity contribution >= 4 is 11.5 Å². The largest absolute Gasteiger partial charge is 0.356 e. The number of nitrogens with zero attached hydrogens (tertiary/aromatic N) is 6. The second kappa shape index (κ2) is 6.97. The highest BCUT2D eigenvalue weighted by atomic mass is 16.1. The topological polar surface area (TPSA) is 85.4 Å². The van der Waals surface area contributed by atoms with Crippen LogP contribution in [0, 0.1) is 5.92 Å². The first-order chi connectivity index (χ1) is 14.2. The first-order valence-electron chi connectivity index (χ1n) is 9.39. The van der Waals surface area contributed by atoms with Crippen molar-refractivity contribution in [2.75, 3.05) is 18.0 Å². The van der Waals surface area contributed by atoms with Gasteiger partial charge in [0, 0.05) is 55.3 Å². The normalized spacial score (nSPS) is 14.1. The van der Waals surface area contributed by atoms with Crippen LogP contribution in [0.4, 0.5) is 5.82 Å². The van der Waals surface area contributed by atoms with E-state index >= 15 is 0 Å². The standard InChI is InChI=1S/C21H18N6O2/c28-20-7-6-17(16-4-3-8-22-11-16)24-27(20)14-15-12-25(13-15)19-10-21(29)26-9-2-1-5-18(26)23-19/h1-11,15H,12-14H2. The summed E-state index contributed by atoms with van der Waals surface area (Å²) >= 11 is 0. The molecule has 0 amide bonds. The highest BCUT2D eigenvalue weighted by Crippen LogP contribution is 2.23. The molecule has 29 heavy (non-hydrogen) atoms. The molecule has 5 rings (SSSR count). The molecule has 144 valence electrons. The van der Waals surface area contributed by atoms with Crippen molar-refractivity contribution in [1.82, 2.24) is 24.1 Å². The molecule has 0 unspecified atom stereocenters. The number of rotatable bonds is 4. The third-order valence-electron chi connectivity index (χ3n) is 5.09. The van der Waals surface area contributed by atoms with Crippen LogP contribution in [0.2, 0.25) is 0 Å². The summed E-state index contributed by atoms with van der Waals surface area (Å²) in [5.41, 5.74) is 1.99. The fourth-order valence-electron chi connectivity index (χ4n) is 3.57. The van der Waals surface area contributed by atoms with E-state index < -0.39 is 0 Å². The van der Waals surface area contributed by atoms with Gasteiger partial charge in [-0.05, 0) is 30.3 Å². The lowest BCUT2D eigenvalue weighted by molar-refractivity contribution is 0.333. The molecule has 1 aliphatic rings. The van der Waals surface area contributed by atoms with E-state index in [9.17, 15) is 9.59 Å². The molecular weight excluding hydrogens is 368 g/mol. The van der Waals surface area contributed by atoms with Gasteiger partial charge in [-0.25, -0.2) is 9.67 Å². The van der Waals surface area contributed by atoms with E-state index in [4.69, 9.17) is 0 Å². The zero-order valence-corrected chi connectivity index (χ0v) is 15.5. The van der Waals surface area contributed by atoms with Gasteiger partial charge in [0.25, 0.3) is 11.1 Å². The number of hydrogen-bond acceptors (Lipinski definition) is 6. The van der Waals surface area contributed by atoms with Gasteiger partial charge in [-0.2, -0.15) is 5.10 Å². The lowest BCUT2D eigenvalue weighted by Crippen LogP contribution is -2.50. The second-order valence-corrected chi connectivity index (χ2v) is 7.13. The van der Waals surface area contributed by atoms with E-state index in [1.807, 2.05) is 24.3 Å². The predicted molar refractivity (Wildman–Crippen MR) is 109 cm³/mol. The van der Waals surface area contributed by atoms with Crippen molar-refractivity contribution in [3.8, 4) is 11.3 Å². The van der Waals surface area contributed by atoms with Crippen LogP contribution >= 0.6 is 0 Å². The Labute approximate surface area is 165 Å². The van der Waals surface area contributed by atoms with Crippen molar-refractivity contribution in [3.63, 3.8) is 0 Å². The van der Waals surface area contributed by atoms with Crippen LogP contribution in [0.5, 0.6) is 0 Å². The van der Waals surface area contributed by atoms with E-state index in [1.54, 1.807) is 36.8 Å². The molecule has 4 aromatic heterocycles. The third-order valence-corrected chi connectivity index (χ3v) is 5.09. The average Bonchev–Trinajstić information content (AvgIpc) is 2.72. The smallest absolute Gasteiger partial charge is 0.266 e. The van der Waals surface area contributed by atoms with Gasteiger partial charge in [0.05, 0.1) is 12.2 Å². The molecule has 0 aromatic carbocycles. The van der Waals surface area contributed by atoms with E-state index in [2.05, 4.69) is 20.0 Å². The van der Waals surface area contributed by atoms with Gasteiger partial charge >= 0.3 is 0 Å². The van der Waals surface area contributed by atoms with Crippen LogP contribution in [0.1, 0.15) is 0 Å². The van der Waals surface area contributed by atoms with Crippen LogP contribution in [-0.4, -0.2) is 37.2 Å². The molecule has 0 atom stereocenters. The molecule has 8 heteroatoms. The number of aromatic nitrogens is 5. The maximum Gasteiger partial charge on any atom is 0.266 e. The van der Waals surface area contributed by atoms with Gasteiger partial charge in [-0.1, -0.05) is 6.07 Å². The third kappa shape index (κ3) is 3.29. The Kier molecular flexibility index (Phi) is 4.16. The van der Waals surface area contributed by atoms with Crippen LogP contribution in [0.25, 0.3) is 16.9 Å². The van der Waals surface area contributed by atoms with Gasteiger partial charge in [-0.3, -0.25) is 19.0 Å². The fraction of sp³-hybridized carbons (Fsp3) is 0.190. The Morgan fingerprint density at radius 1 is 1.00 bits per heavy atom. The molecule has 0 spiro atoms. The lowest BCUT2D eigenvalue weighted by atomic mass is 10.0. The molecule has 4 aromatic rings. The number of hydrogen-bond donors (Lipinski definition) is 0. The summed E-state index contributed by atoms with van der Waals surface area (Å²) in [4.78, 5) is 35.2. The Bertz CT molecular complexity index is 1290. The minimum absolute atomic E-state index is 0.101. The molecule has 1 saturated heterocycles. The number of pyridine rings is 2. The van der Waals surface area contributed by atoms with E-state index in [1.165, 1.54) is 15.1 Å². The van der Waals surface area contributed by atoms with Crippen LogP contribution in [-0.2, 0) is 6.54 Å². The molecule has 1 aliphatic heterocycles. The molecule has 5 heterocycles. The highest BCUT2D eigenvalue weighted by molar-refractivity contribution is 5.56. The Balaban J connectivity index is 1.32. The van der Waals surface area contributed by atoms with E-state index in [-0.39, 0.29) is 17.0 Å². The van der Waals surface area contributed by atoms with E-state index in [0.29, 0.717) is 18.0 Å². The minimum atomic E-state index is -0.127. The van der Waals surface area contributed by atoms with Crippen LogP contribution < -0.4 is 16.0 Å². The minimum Gasteiger partial charge on any atom is -0.356 e. The van der Waals surface area contributed by atoms with Gasteiger partial charge < -0.3 is 4.90 Å². The summed E-state index contributed by atoms with van der Waals surface area (Å²) in [7, 11) is 0. The summed E-state index contributed by atoms with van der Waals surface area (Å²) in [5, 5.41) is 4.49. The summed E-state index contributed by atoms with van der Waals surface area (Å²) < 4.78 is 3.03. The number of anilines is 1. The average molecular weight is 386 g/mol.